The van der Waals surface area contributed by atoms with Crippen molar-refractivity contribution in [3.05, 3.63) is 65.2 Å². The molecule has 0 saturated heterocycles. The van der Waals surface area contributed by atoms with Gasteiger partial charge in [-0.1, -0.05) is 26.0 Å². The Morgan fingerprint density at radius 1 is 0.926 bits per heavy atom. The second-order valence-electron chi connectivity index (χ2n) is 6.77. The van der Waals surface area contributed by atoms with Gasteiger partial charge in [-0.05, 0) is 61.2 Å². The Morgan fingerprint density at radius 2 is 1.48 bits per heavy atom. The van der Waals surface area contributed by atoms with E-state index in [0.29, 0.717) is 22.7 Å². The molecule has 6 heteroatoms. The third-order valence-corrected chi connectivity index (χ3v) is 3.92. The van der Waals surface area contributed by atoms with E-state index in [1.54, 1.807) is 24.3 Å². The highest BCUT2D eigenvalue weighted by Gasteiger charge is 2.19. The van der Waals surface area contributed by atoms with E-state index in [1.807, 2.05) is 12.1 Å². The first-order chi connectivity index (χ1) is 12.8. The van der Waals surface area contributed by atoms with Crippen molar-refractivity contribution in [1.29, 1.82) is 0 Å². The topological polar surface area (TPSA) is 98.5 Å². The molecular weight excluding hydrogens is 344 g/mol. The van der Waals surface area contributed by atoms with Gasteiger partial charge < -0.3 is 15.8 Å². The highest BCUT2D eigenvalue weighted by atomic mass is 16.5. The van der Waals surface area contributed by atoms with E-state index in [0.717, 1.165) is 12.0 Å². The van der Waals surface area contributed by atoms with E-state index in [2.05, 4.69) is 19.2 Å². The highest BCUT2D eigenvalue weighted by Crippen LogP contribution is 2.13. The predicted molar refractivity (Wildman–Crippen MR) is 103 cm³/mol. The van der Waals surface area contributed by atoms with E-state index >= 15 is 0 Å². The molecule has 6 nitrogen and oxygen atoms in total. The van der Waals surface area contributed by atoms with Gasteiger partial charge in [-0.15, -0.1) is 0 Å². The van der Waals surface area contributed by atoms with Gasteiger partial charge in [0.25, 0.3) is 5.91 Å². The zero-order chi connectivity index (χ0) is 20.0. The number of nitrogens with one attached hydrogen (secondary N) is 1. The number of esters is 1. The van der Waals surface area contributed by atoms with Crippen LogP contribution in [0.4, 0.5) is 5.69 Å². The largest absolute Gasteiger partial charge is 0.449 e. The summed E-state index contributed by atoms with van der Waals surface area (Å²) in [5, 5.41) is 2.63. The van der Waals surface area contributed by atoms with Crippen LogP contribution in [-0.4, -0.2) is 23.9 Å². The molecule has 3 N–H and O–H groups in total. The lowest BCUT2D eigenvalue weighted by Gasteiger charge is -2.14. The van der Waals surface area contributed by atoms with Crippen LogP contribution in [0.1, 0.15) is 47.1 Å². The first-order valence-corrected chi connectivity index (χ1v) is 8.77. The average molecular weight is 368 g/mol. The summed E-state index contributed by atoms with van der Waals surface area (Å²) >= 11 is 0. The number of anilines is 1. The maximum Gasteiger partial charge on any atom is 0.338 e. The van der Waals surface area contributed by atoms with Crippen molar-refractivity contribution in [2.75, 3.05) is 5.32 Å². The van der Waals surface area contributed by atoms with Gasteiger partial charge in [0.05, 0.1) is 5.56 Å². The van der Waals surface area contributed by atoms with E-state index in [4.69, 9.17) is 10.5 Å². The summed E-state index contributed by atoms with van der Waals surface area (Å²) in [4.78, 5) is 35.5. The van der Waals surface area contributed by atoms with Crippen molar-refractivity contribution >= 4 is 23.5 Å². The van der Waals surface area contributed by atoms with Crippen molar-refractivity contribution in [3.63, 3.8) is 0 Å². The van der Waals surface area contributed by atoms with Crippen LogP contribution >= 0.6 is 0 Å². The Morgan fingerprint density at radius 3 is 2.00 bits per heavy atom. The number of carbonyl (C=O) groups is 3. The SMILES string of the molecule is CC(C)Cc1ccc(C(=O)O[C@@H](C)C(=O)Nc2ccc(C(N)=O)cc2)cc1. The van der Waals surface area contributed by atoms with Crippen molar-refractivity contribution in [2.24, 2.45) is 11.7 Å². The zero-order valence-electron chi connectivity index (χ0n) is 15.7. The molecule has 2 rings (SSSR count). The number of hydrogen-bond acceptors (Lipinski definition) is 4. The van der Waals surface area contributed by atoms with Crippen LogP contribution in [0.3, 0.4) is 0 Å². The first kappa shape index (κ1) is 20.2. The second kappa shape index (κ2) is 8.98. The molecule has 0 aliphatic carbocycles. The average Bonchev–Trinajstić information content (AvgIpc) is 2.62. The molecule has 142 valence electrons. The van der Waals surface area contributed by atoms with Crippen LogP contribution in [0.15, 0.2) is 48.5 Å². The fraction of sp³-hybridized carbons (Fsp3) is 0.286. The van der Waals surface area contributed by atoms with Gasteiger partial charge in [0.15, 0.2) is 6.10 Å². The van der Waals surface area contributed by atoms with Crippen LogP contribution in [0.5, 0.6) is 0 Å². The number of primary amides is 1. The Balaban J connectivity index is 1.92. The molecular formula is C21H24N2O4. The standard InChI is InChI=1S/C21H24N2O4/c1-13(2)12-15-4-6-17(7-5-15)21(26)27-14(3)20(25)23-18-10-8-16(9-11-18)19(22)24/h4-11,13-14H,12H2,1-3H3,(H2,22,24)(H,23,25)/t14-/m0/s1. The Kier molecular flexibility index (Phi) is 6.71. The second-order valence-corrected chi connectivity index (χ2v) is 6.77. The van der Waals surface area contributed by atoms with Gasteiger partial charge in [-0.2, -0.15) is 0 Å². The van der Waals surface area contributed by atoms with Crippen LogP contribution in [0, 0.1) is 5.92 Å². The van der Waals surface area contributed by atoms with Gasteiger partial charge in [0, 0.05) is 11.3 Å². The minimum Gasteiger partial charge on any atom is -0.449 e. The summed E-state index contributed by atoms with van der Waals surface area (Å²) in [5.41, 5.74) is 7.53. The molecule has 27 heavy (non-hydrogen) atoms. The smallest absolute Gasteiger partial charge is 0.338 e. The van der Waals surface area contributed by atoms with Gasteiger partial charge in [-0.25, -0.2) is 4.79 Å². The van der Waals surface area contributed by atoms with Crippen LogP contribution in [0.2, 0.25) is 0 Å². The Labute approximate surface area is 158 Å². The monoisotopic (exact) mass is 368 g/mol. The van der Waals surface area contributed by atoms with Gasteiger partial charge in [0.2, 0.25) is 5.91 Å². The minimum absolute atomic E-state index is 0.341. The van der Waals surface area contributed by atoms with Crippen molar-refractivity contribution in [2.45, 2.75) is 33.3 Å². The van der Waals surface area contributed by atoms with E-state index in [1.165, 1.54) is 19.1 Å². The lowest BCUT2D eigenvalue weighted by atomic mass is 10.0. The normalized spacial score (nSPS) is 11.7. The van der Waals surface area contributed by atoms with Crippen LogP contribution in [-0.2, 0) is 16.0 Å². The summed E-state index contributed by atoms with van der Waals surface area (Å²) in [5.74, 6) is -1.04. The molecule has 0 heterocycles. The summed E-state index contributed by atoms with van der Waals surface area (Å²) < 4.78 is 5.23. The number of amides is 2. The molecule has 0 radical (unpaired) electrons. The van der Waals surface area contributed by atoms with E-state index in [9.17, 15) is 14.4 Å². The Bertz CT molecular complexity index is 811. The van der Waals surface area contributed by atoms with Crippen molar-refractivity contribution < 1.29 is 19.1 Å². The van der Waals surface area contributed by atoms with Gasteiger partial charge in [-0.3, -0.25) is 9.59 Å². The number of benzene rings is 2. The minimum atomic E-state index is -0.969. The summed E-state index contributed by atoms with van der Waals surface area (Å²) in [6, 6.07) is 13.3. The quantitative estimate of drug-likeness (QED) is 0.733. The molecule has 1 atom stereocenters. The lowest BCUT2D eigenvalue weighted by Crippen LogP contribution is -2.30. The molecule has 2 amide bonds. The fourth-order valence-electron chi connectivity index (χ4n) is 2.49. The van der Waals surface area contributed by atoms with Crippen molar-refractivity contribution in [1.82, 2.24) is 0 Å². The third-order valence-electron chi connectivity index (χ3n) is 3.92. The molecule has 2 aromatic rings. The maximum atomic E-state index is 12.2. The summed E-state index contributed by atoms with van der Waals surface area (Å²) in [6.45, 7) is 5.76. The van der Waals surface area contributed by atoms with Crippen molar-refractivity contribution in [3.8, 4) is 0 Å². The number of rotatable bonds is 7. The summed E-state index contributed by atoms with van der Waals surface area (Å²) in [7, 11) is 0. The maximum absolute atomic E-state index is 12.2. The fourth-order valence-corrected chi connectivity index (χ4v) is 2.49. The number of hydrogen-bond donors (Lipinski definition) is 2. The zero-order valence-corrected chi connectivity index (χ0v) is 15.7. The molecule has 0 bridgehead atoms. The predicted octanol–water partition coefficient (Wildman–Crippen LogP) is 3.17. The van der Waals surface area contributed by atoms with E-state index in [-0.39, 0.29) is 0 Å². The Hall–Kier alpha value is -3.15. The molecule has 0 aromatic heterocycles. The molecule has 2 aromatic carbocycles. The van der Waals surface area contributed by atoms with Crippen LogP contribution < -0.4 is 11.1 Å². The number of carbonyl (C=O) groups excluding carboxylic acids is 3. The number of ether oxygens (including phenoxy) is 1. The molecule has 0 aliphatic heterocycles. The summed E-state index contributed by atoms with van der Waals surface area (Å²) in [6.07, 6.45) is -0.0356. The van der Waals surface area contributed by atoms with Gasteiger partial charge in [0.1, 0.15) is 0 Å². The van der Waals surface area contributed by atoms with E-state index < -0.39 is 23.9 Å². The van der Waals surface area contributed by atoms with Gasteiger partial charge >= 0.3 is 5.97 Å². The molecule has 0 aliphatic rings. The molecule has 0 unspecified atom stereocenters. The molecule has 0 saturated carbocycles. The van der Waals surface area contributed by atoms with Crippen LogP contribution in [0.25, 0.3) is 0 Å². The number of nitrogens with two attached hydrogens (primary N) is 1. The molecule has 0 spiro atoms. The lowest BCUT2D eigenvalue weighted by molar-refractivity contribution is -0.123. The first-order valence-electron chi connectivity index (χ1n) is 8.77. The molecule has 0 fully saturated rings. The highest BCUT2D eigenvalue weighted by molar-refractivity contribution is 5.98. The third kappa shape index (κ3) is 5.95.